The third-order valence-corrected chi connectivity index (χ3v) is 4.80. The SMILES string of the molecule is CCNC(=O)c1cc(S(=O)(=O)Nc2cccc(OC)c2)ccc1C. The molecule has 0 saturated carbocycles. The van der Waals surface area contributed by atoms with Crippen LogP contribution in [0.3, 0.4) is 0 Å². The molecule has 0 bridgehead atoms. The van der Waals surface area contributed by atoms with E-state index in [1.165, 1.54) is 19.2 Å². The number of carbonyl (C=O) groups excluding carboxylic acids is 1. The Morgan fingerprint density at radius 2 is 1.92 bits per heavy atom. The highest BCUT2D eigenvalue weighted by Gasteiger charge is 2.18. The molecular weight excluding hydrogens is 328 g/mol. The number of amides is 1. The van der Waals surface area contributed by atoms with E-state index in [0.29, 0.717) is 29.1 Å². The fraction of sp³-hybridized carbons (Fsp3) is 0.235. The quantitative estimate of drug-likeness (QED) is 0.840. The van der Waals surface area contributed by atoms with E-state index in [1.807, 2.05) is 0 Å². The lowest BCUT2D eigenvalue weighted by molar-refractivity contribution is 0.0955. The zero-order valence-corrected chi connectivity index (χ0v) is 14.6. The van der Waals surface area contributed by atoms with Crippen molar-refractivity contribution in [2.24, 2.45) is 0 Å². The number of benzene rings is 2. The molecule has 2 aromatic carbocycles. The molecular formula is C17H20N2O4S. The van der Waals surface area contributed by atoms with Crippen LogP contribution in [0.15, 0.2) is 47.4 Å². The van der Waals surface area contributed by atoms with Crippen molar-refractivity contribution in [2.45, 2.75) is 18.7 Å². The third kappa shape index (κ3) is 4.05. The summed E-state index contributed by atoms with van der Waals surface area (Å²) >= 11 is 0. The Morgan fingerprint density at radius 3 is 2.58 bits per heavy atom. The Kier molecular flexibility index (Phi) is 5.46. The number of aryl methyl sites for hydroxylation is 1. The summed E-state index contributed by atoms with van der Waals surface area (Å²) in [6.45, 7) is 4.03. The zero-order valence-electron chi connectivity index (χ0n) is 13.8. The van der Waals surface area contributed by atoms with Crippen LogP contribution in [0.2, 0.25) is 0 Å². The van der Waals surface area contributed by atoms with Gasteiger partial charge in [-0.2, -0.15) is 0 Å². The van der Waals surface area contributed by atoms with Crippen LogP contribution >= 0.6 is 0 Å². The maximum absolute atomic E-state index is 12.6. The fourth-order valence-corrected chi connectivity index (χ4v) is 3.24. The molecule has 24 heavy (non-hydrogen) atoms. The highest BCUT2D eigenvalue weighted by atomic mass is 32.2. The first-order valence-electron chi connectivity index (χ1n) is 7.43. The minimum Gasteiger partial charge on any atom is -0.497 e. The van der Waals surface area contributed by atoms with Gasteiger partial charge in [-0.15, -0.1) is 0 Å². The molecule has 1 amide bonds. The average Bonchev–Trinajstić information content (AvgIpc) is 2.55. The van der Waals surface area contributed by atoms with Crippen LogP contribution in [-0.2, 0) is 10.0 Å². The number of nitrogens with one attached hydrogen (secondary N) is 2. The summed E-state index contributed by atoms with van der Waals surface area (Å²) in [5, 5.41) is 2.68. The van der Waals surface area contributed by atoms with E-state index >= 15 is 0 Å². The van der Waals surface area contributed by atoms with Gasteiger partial charge >= 0.3 is 0 Å². The molecule has 0 heterocycles. The van der Waals surface area contributed by atoms with Crippen LogP contribution in [0.25, 0.3) is 0 Å². The fourth-order valence-electron chi connectivity index (χ4n) is 2.17. The lowest BCUT2D eigenvalue weighted by Gasteiger charge is -2.12. The Hall–Kier alpha value is -2.54. The Morgan fingerprint density at radius 1 is 1.17 bits per heavy atom. The van der Waals surface area contributed by atoms with Crippen LogP contribution < -0.4 is 14.8 Å². The van der Waals surface area contributed by atoms with E-state index in [2.05, 4.69) is 10.0 Å². The second kappa shape index (κ2) is 7.35. The van der Waals surface area contributed by atoms with Crippen LogP contribution in [0.4, 0.5) is 5.69 Å². The molecule has 0 aliphatic rings. The standard InChI is InChI=1S/C17H20N2O4S/c1-4-18-17(20)16-11-15(9-8-12(16)2)24(21,22)19-13-6-5-7-14(10-13)23-3/h5-11,19H,4H2,1-3H3,(H,18,20). The van der Waals surface area contributed by atoms with Gasteiger partial charge in [-0.1, -0.05) is 12.1 Å². The van der Waals surface area contributed by atoms with Gasteiger partial charge in [-0.05, 0) is 43.7 Å². The molecule has 2 N–H and O–H groups in total. The molecule has 0 aliphatic carbocycles. The third-order valence-electron chi connectivity index (χ3n) is 3.42. The summed E-state index contributed by atoms with van der Waals surface area (Å²) in [5.74, 6) is 0.246. The smallest absolute Gasteiger partial charge is 0.261 e. The second-order valence-electron chi connectivity index (χ2n) is 5.17. The minimum atomic E-state index is -3.81. The van der Waals surface area contributed by atoms with Gasteiger partial charge in [0, 0.05) is 18.2 Å². The summed E-state index contributed by atoms with van der Waals surface area (Å²) in [4.78, 5) is 12.1. The Labute approximate surface area is 141 Å². The normalized spacial score (nSPS) is 11.0. The first-order chi connectivity index (χ1) is 11.4. The van der Waals surface area contributed by atoms with Crippen molar-refractivity contribution in [3.8, 4) is 5.75 Å². The topological polar surface area (TPSA) is 84.5 Å². The van der Waals surface area contributed by atoms with Crippen molar-refractivity contribution in [2.75, 3.05) is 18.4 Å². The lowest BCUT2D eigenvalue weighted by Crippen LogP contribution is -2.24. The van der Waals surface area contributed by atoms with Gasteiger partial charge in [0.25, 0.3) is 15.9 Å². The minimum absolute atomic E-state index is 0.0252. The van der Waals surface area contributed by atoms with Crippen molar-refractivity contribution in [3.63, 3.8) is 0 Å². The average molecular weight is 348 g/mol. The van der Waals surface area contributed by atoms with Crippen LogP contribution in [-0.4, -0.2) is 28.0 Å². The summed E-state index contributed by atoms with van der Waals surface area (Å²) in [6, 6.07) is 11.1. The highest BCUT2D eigenvalue weighted by molar-refractivity contribution is 7.92. The van der Waals surface area contributed by atoms with E-state index < -0.39 is 10.0 Å². The Balaban J connectivity index is 2.35. The maximum atomic E-state index is 12.6. The monoisotopic (exact) mass is 348 g/mol. The van der Waals surface area contributed by atoms with E-state index in [9.17, 15) is 13.2 Å². The van der Waals surface area contributed by atoms with Crippen LogP contribution in [0, 0.1) is 6.92 Å². The van der Waals surface area contributed by atoms with Crippen LogP contribution in [0.5, 0.6) is 5.75 Å². The molecule has 2 rings (SSSR count). The molecule has 2 aromatic rings. The lowest BCUT2D eigenvalue weighted by atomic mass is 10.1. The molecule has 0 aromatic heterocycles. The summed E-state index contributed by atoms with van der Waals surface area (Å²) in [6.07, 6.45) is 0. The number of ether oxygens (including phenoxy) is 1. The van der Waals surface area contributed by atoms with Crippen molar-refractivity contribution >= 4 is 21.6 Å². The predicted octanol–water partition coefficient (Wildman–Crippen LogP) is 2.55. The molecule has 0 atom stereocenters. The first kappa shape index (κ1) is 17.8. The number of rotatable bonds is 6. The number of carbonyl (C=O) groups is 1. The number of hydrogen-bond acceptors (Lipinski definition) is 4. The molecule has 7 heteroatoms. The molecule has 6 nitrogen and oxygen atoms in total. The molecule has 128 valence electrons. The van der Waals surface area contributed by atoms with E-state index in [1.54, 1.807) is 44.2 Å². The molecule has 0 aliphatic heterocycles. The van der Waals surface area contributed by atoms with Crippen LogP contribution in [0.1, 0.15) is 22.8 Å². The largest absolute Gasteiger partial charge is 0.497 e. The van der Waals surface area contributed by atoms with Gasteiger partial charge in [0.05, 0.1) is 17.7 Å². The van der Waals surface area contributed by atoms with E-state index in [-0.39, 0.29) is 10.8 Å². The van der Waals surface area contributed by atoms with E-state index in [4.69, 9.17) is 4.74 Å². The molecule has 0 spiro atoms. The second-order valence-corrected chi connectivity index (χ2v) is 6.86. The maximum Gasteiger partial charge on any atom is 0.261 e. The Bertz CT molecular complexity index is 847. The van der Waals surface area contributed by atoms with Gasteiger partial charge in [0.15, 0.2) is 0 Å². The zero-order chi connectivity index (χ0) is 17.7. The van der Waals surface area contributed by atoms with Gasteiger partial charge in [0.1, 0.15) is 5.75 Å². The van der Waals surface area contributed by atoms with Crippen molar-refractivity contribution in [1.29, 1.82) is 0 Å². The first-order valence-corrected chi connectivity index (χ1v) is 8.91. The highest BCUT2D eigenvalue weighted by Crippen LogP contribution is 2.22. The molecule has 0 saturated heterocycles. The predicted molar refractivity (Wildman–Crippen MR) is 93.0 cm³/mol. The van der Waals surface area contributed by atoms with Crippen molar-refractivity contribution in [1.82, 2.24) is 5.32 Å². The van der Waals surface area contributed by atoms with Crippen molar-refractivity contribution in [3.05, 3.63) is 53.6 Å². The summed E-state index contributed by atoms with van der Waals surface area (Å²) in [7, 11) is -2.31. The summed E-state index contributed by atoms with van der Waals surface area (Å²) in [5.41, 5.74) is 1.43. The van der Waals surface area contributed by atoms with Gasteiger partial charge in [-0.3, -0.25) is 9.52 Å². The van der Waals surface area contributed by atoms with E-state index in [0.717, 1.165) is 0 Å². The van der Waals surface area contributed by atoms with Gasteiger partial charge in [-0.25, -0.2) is 8.42 Å². The van der Waals surface area contributed by atoms with Gasteiger partial charge < -0.3 is 10.1 Å². The van der Waals surface area contributed by atoms with Crippen molar-refractivity contribution < 1.29 is 17.9 Å². The van der Waals surface area contributed by atoms with Gasteiger partial charge in [0.2, 0.25) is 0 Å². The number of anilines is 1. The number of methoxy groups -OCH3 is 1. The molecule has 0 unspecified atom stereocenters. The molecule has 0 radical (unpaired) electrons. The number of sulfonamides is 1. The molecule has 0 fully saturated rings. The summed E-state index contributed by atoms with van der Waals surface area (Å²) < 4.78 is 32.7. The number of hydrogen-bond donors (Lipinski definition) is 2.